The molecular formula is C55H98O6. The maximum atomic E-state index is 12.8. The fourth-order valence-electron chi connectivity index (χ4n) is 7.39. The highest BCUT2D eigenvalue weighted by Crippen LogP contribution is 2.15. The van der Waals surface area contributed by atoms with E-state index in [4.69, 9.17) is 14.2 Å². The number of esters is 3. The molecule has 1 unspecified atom stereocenters. The van der Waals surface area contributed by atoms with Crippen LogP contribution < -0.4 is 0 Å². The van der Waals surface area contributed by atoms with Gasteiger partial charge >= 0.3 is 17.9 Å². The molecule has 0 heterocycles. The summed E-state index contributed by atoms with van der Waals surface area (Å²) < 4.78 is 16.8. The molecule has 0 fully saturated rings. The van der Waals surface area contributed by atoms with E-state index >= 15 is 0 Å². The summed E-state index contributed by atoms with van der Waals surface area (Å²) in [7, 11) is 0. The normalized spacial score (nSPS) is 12.4. The van der Waals surface area contributed by atoms with Crippen molar-refractivity contribution in [3.8, 4) is 0 Å². The number of allylic oxidation sites excluding steroid dienone is 8. The molecule has 0 rings (SSSR count). The van der Waals surface area contributed by atoms with Crippen LogP contribution in [0.5, 0.6) is 0 Å². The smallest absolute Gasteiger partial charge is 0.306 e. The van der Waals surface area contributed by atoms with Crippen molar-refractivity contribution < 1.29 is 28.6 Å². The Labute approximate surface area is 378 Å². The third-order valence-electron chi connectivity index (χ3n) is 11.3. The summed E-state index contributed by atoms with van der Waals surface area (Å²) in [5, 5.41) is 0. The second-order valence-corrected chi connectivity index (χ2v) is 17.4. The average molecular weight is 855 g/mol. The Morgan fingerprint density at radius 1 is 0.344 bits per heavy atom. The van der Waals surface area contributed by atoms with E-state index in [9.17, 15) is 14.4 Å². The molecule has 0 aliphatic carbocycles. The molecule has 0 aliphatic rings. The molecule has 6 heteroatoms. The number of hydrogen-bond acceptors (Lipinski definition) is 6. The summed E-state index contributed by atoms with van der Waals surface area (Å²) in [6, 6.07) is 0. The van der Waals surface area contributed by atoms with Gasteiger partial charge in [-0.15, -0.1) is 0 Å². The van der Waals surface area contributed by atoms with Gasteiger partial charge in [0.25, 0.3) is 0 Å². The lowest BCUT2D eigenvalue weighted by atomic mass is 10.0. The van der Waals surface area contributed by atoms with Gasteiger partial charge in [-0.05, 0) is 77.0 Å². The SMILES string of the molecule is CC/C=C/C/C=C/C/C=C/CCCCCCCC(=O)OCC(COC(=O)CCCCCCCCCCCCCCC)OC(=O)CCCCCCC/C=C/CCCCCCCC. The monoisotopic (exact) mass is 855 g/mol. The summed E-state index contributed by atoms with van der Waals surface area (Å²) in [6.45, 7) is 6.51. The van der Waals surface area contributed by atoms with Gasteiger partial charge in [-0.1, -0.05) is 217 Å². The van der Waals surface area contributed by atoms with Crippen molar-refractivity contribution in [1.29, 1.82) is 0 Å². The lowest BCUT2D eigenvalue weighted by Crippen LogP contribution is -2.30. The molecule has 0 saturated heterocycles. The van der Waals surface area contributed by atoms with E-state index in [1.807, 2.05) is 0 Å². The molecule has 0 saturated carbocycles. The quantitative estimate of drug-likeness (QED) is 0.0263. The first-order valence-corrected chi connectivity index (χ1v) is 26.1. The van der Waals surface area contributed by atoms with Crippen LogP contribution in [-0.4, -0.2) is 37.2 Å². The van der Waals surface area contributed by atoms with Gasteiger partial charge < -0.3 is 14.2 Å². The van der Waals surface area contributed by atoms with Gasteiger partial charge in [-0.2, -0.15) is 0 Å². The molecule has 0 aromatic heterocycles. The highest BCUT2D eigenvalue weighted by Gasteiger charge is 2.19. The zero-order chi connectivity index (χ0) is 44.4. The summed E-state index contributed by atoms with van der Waals surface area (Å²) in [5.41, 5.74) is 0. The number of ether oxygens (including phenoxy) is 3. The molecule has 0 spiro atoms. The summed E-state index contributed by atoms with van der Waals surface area (Å²) in [5.74, 6) is -0.898. The average Bonchev–Trinajstić information content (AvgIpc) is 3.26. The van der Waals surface area contributed by atoms with Crippen molar-refractivity contribution >= 4 is 17.9 Å². The largest absolute Gasteiger partial charge is 0.462 e. The lowest BCUT2D eigenvalue weighted by molar-refractivity contribution is -0.167. The van der Waals surface area contributed by atoms with Gasteiger partial charge in [0.15, 0.2) is 6.10 Å². The molecule has 0 aromatic rings. The minimum absolute atomic E-state index is 0.0797. The Morgan fingerprint density at radius 2 is 0.639 bits per heavy atom. The van der Waals surface area contributed by atoms with Crippen molar-refractivity contribution in [2.24, 2.45) is 0 Å². The van der Waals surface area contributed by atoms with Crippen molar-refractivity contribution in [3.63, 3.8) is 0 Å². The predicted molar refractivity (Wildman–Crippen MR) is 261 cm³/mol. The van der Waals surface area contributed by atoms with E-state index in [0.717, 1.165) is 109 Å². The lowest BCUT2D eigenvalue weighted by Gasteiger charge is -2.18. The predicted octanol–water partition coefficient (Wildman–Crippen LogP) is 17.1. The molecule has 0 bridgehead atoms. The fourth-order valence-corrected chi connectivity index (χ4v) is 7.39. The maximum Gasteiger partial charge on any atom is 0.306 e. The van der Waals surface area contributed by atoms with E-state index in [2.05, 4.69) is 69.4 Å². The molecule has 0 aliphatic heterocycles. The van der Waals surface area contributed by atoms with Gasteiger partial charge in [0, 0.05) is 19.3 Å². The van der Waals surface area contributed by atoms with Gasteiger partial charge in [0.1, 0.15) is 13.2 Å². The number of unbranched alkanes of at least 4 members (excludes halogenated alkanes) is 28. The van der Waals surface area contributed by atoms with Gasteiger partial charge in [0.2, 0.25) is 0 Å². The zero-order valence-corrected chi connectivity index (χ0v) is 40.4. The van der Waals surface area contributed by atoms with Crippen LogP contribution in [0.1, 0.15) is 265 Å². The summed E-state index contributed by atoms with van der Waals surface area (Å²) >= 11 is 0. The van der Waals surface area contributed by atoms with Crippen LogP contribution in [0.4, 0.5) is 0 Å². The van der Waals surface area contributed by atoms with Crippen molar-refractivity contribution in [2.45, 2.75) is 271 Å². The zero-order valence-electron chi connectivity index (χ0n) is 40.4. The molecule has 0 N–H and O–H groups in total. The van der Waals surface area contributed by atoms with Crippen LogP contribution in [0.3, 0.4) is 0 Å². The van der Waals surface area contributed by atoms with Crippen LogP contribution in [0.2, 0.25) is 0 Å². The fraction of sp³-hybridized carbons (Fsp3) is 0.800. The molecule has 0 radical (unpaired) electrons. The standard InChI is InChI=1S/C55H98O6/c1-4-7-10-13-16-19-22-25-27-30-33-36-39-42-45-48-54(57)60-51-52(50-59-53(56)47-44-41-38-35-32-29-24-21-18-15-12-9-6-3)61-55(58)49-46-43-40-37-34-31-28-26-23-20-17-14-11-8-5-2/h7,10,16,19,25-28,52H,4-6,8-9,11-15,17-18,20-24,29-51H2,1-3H3/b10-7+,19-16+,27-25+,28-26+. The van der Waals surface area contributed by atoms with E-state index in [0.29, 0.717) is 19.3 Å². The number of carbonyl (C=O) groups is 3. The topological polar surface area (TPSA) is 78.9 Å². The molecular weight excluding hydrogens is 757 g/mol. The Balaban J connectivity index is 4.40. The van der Waals surface area contributed by atoms with Crippen molar-refractivity contribution in [1.82, 2.24) is 0 Å². The van der Waals surface area contributed by atoms with Crippen LogP contribution in [0.25, 0.3) is 0 Å². The van der Waals surface area contributed by atoms with Crippen LogP contribution in [-0.2, 0) is 28.6 Å². The molecule has 0 amide bonds. The Hall–Kier alpha value is -2.63. The molecule has 0 aromatic carbocycles. The molecule has 1 atom stereocenters. The number of carbonyl (C=O) groups excluding carboxylic acids is 3. The van der Waals surface area contributed by atoms with Crippen molar-refractivity contribution in [3.05, 3.63) is 48.6 Å². The maximum absolute atomic E-state index is 12.8. The van der Waals surface area contributed by atoms with Crippen LogP contribution >= 0.6 is 0 Å². The minimum atomic E-state index is -0.781. The molecule has 354 valence electrons. The molecule has 61 heavy (non-hydrogen) atoms. The van der Waals surface area contributed by atoms with Crippen LogP contribution in [0.15, 0.2) is 48.6 Å². The summed E-state index contributed by atoms with van der Waals surface area (Å²) in [6.07, 6.45) is 59.5. The first-order chi connectivity index (χ1) is 30.0. The van der Waals surface area contributed by atoms with Crippen molar-refractivity contribution in [2.75, 3.05) is 13.2 Å². The first kappa shape index (κ1) is 58.4. The molecule has 6 nitrogen and oxygen atoms in total. The van der Waals surface area contributed by atoms with Gasteiger partial charge in [-0.25, -0.2) is 0 Å². The summed E-state index contributed by atoms with van der Waals surface area (Å²) in [4.78, 5) is 38.0. The van der Waals surface area contributed by atoms with E-state index < -0.39 is 6.10 Å². The van der Waals surface area contributed by atoms with Crippen LogP contribution in [0, 0.1) is 0 Å². The third-order valence-corrected chi connectivity index (χ3v) is 11.3. The minimum Gasteiger partial charge on any atom is -0.462 e. The number of hydrogen-bond donors (Lipinski definition) is 0. The first-order valence-electron chi connectivity index (χ1n) is 26.1. The second kappa shape index (κ2) is 50.0. The van der Waals surface area contributed by atoms with E-state index in [1.54, 1.807) is 0 Å². The van der Waals surface area contributed by atoms with E-state index in [1.165, 1.54) is 116 Å². The number of rotatable bonds is 47. The van der Waals surface area contributed by atoms with E-state index in [-0.39, 0.29) is 31.1 Å². The highest BCUT2D eigenvalue weighted by atomic mass is 16.6. The Bertz CT molecular complexity index is 1070. The third kappa shape index (κ3) is 48.3. The van der Waals surface area contributed by atoms with Gasteiger partial charge in [-0.3, -0.25) is 14.4 Å². The Kier molecular flexibility index (Phi) is 47.9. The highest BCUT2D eigenvalue weighted by molar-refractivity contribution is 5.71. The van der Waals surface area contributed by atoms with Gasteiger partial charge in [0.05, 0.1) is 0 Å². The Morgan fingerprint density at radius 3 is 1.02 bits per heavy atom. The second-order valence-electron chi connectivity index (χ2n) is 17.4.